The minimum absolute atomic E-state index is 0.147. The van der Waals surface area contributed by atoms with Crippen molar-refractivity contribution in [3.05, 3.63) is 22.4 Å². The lowest BCUT2D eigenvalue weighted by molar-refractivity contribution is -0.143. The summed E-state index contributed by atoms with van der Waals surface area (Å²) in [6.45, 7) is 0.798. The molecule has 16 heavy (non-hydrogen) atoms. The summed E-state index contributed by atoms with van der Waals surface area (Å²) in [6, 6.07) is 4.25. The van der Waals surface area contributed by atoms with Crippen LogP contribution in [-0.4, -0.2) is 17.1 Å². The lowest BCUT2D eigenvalue weighted by atomic mass is 9.84. The summed E-state index contributed by atoms with van der Waals surface area (Å²) in [5, 5.41) is 14.6. The van der Waals surface area contributed by atoms with E-state index in [1.165, 1.54) is 4.88 Å². The van der Waals surface area contributed by atoms with E-state index in [9.17, 15) is 4.79 Å². The molecule has 0 radical (unpaired) electrons. The smallest absolute Gasteiger partial charge is 0.308 e. The lowest BCUT2D eigenvalue weighted by Gasteiger charge is -2.29. The Kier molecular flexibility index (Phi) is 3.96. The fourth-order valence-electron chi connectivity index (χ4n) is 2.32. The highest BCUT2D eigenvalue weighted by Gasteiger charge is 2.30. The first-order valence-electron chi connectivity index (χ1n) is 5.76. The topological polar surface area (TPSA) is 49.3 Å². The molecule has 0 bridgehead atoms. The normalized spacial score (nSPS) is 25.5. The molecule has 1 aliphatic carbocycles. The minimum atomic E-state index is -0.650. The first kappa shape index (κ1) is 11.6. The van der Waals surface area contributed by atoms with Gasteiger partial charge in [-0.1, -0.05) is 18.9 Å². The average molecular weight is 239 g/mol. The molecule has 1 heterocycles. The zero-order valence-corrected chi connectivity index (χ0v) is 10.0. The summed E-state index contributed by atoms with van der Waals surface area (Å²) in [5.74, 6) is -0.850. The highest BCUT2D eigenvalue weighted by atomic mass is 32.1. The quantitative estimate of drug-likeness (QED) is 0.848. The van der Waals surface area contributed by atoms with Crippen LogP contribution in [0, 0.1) is 5.92 Å². The Morgan fingerprint density at radius 1 is 1.50 bits per heavy atom. The third kappa shape index (κ3) is 2.83. The van der Waals surface area contributed by atoms with Crippen molar-refractivity contribution in [2.45, 2.75) is 38.3 Å². The van der Waals surface area contributed by atoms with Crippen LogP contribution in [0.25, 0.3) is 0 Å². The predicted octanol–water partition coefficient (Wildman–Crippen LogP) is 2.48. The van der Waals surface area contributed by atoms with Crippen molar-refractivity contribution in [3.8, 4) is 0 Å². The van der Waals surface area contributed by atoms with Crippen LogP contribution in [0.15, 0.2) is 17.5 Å². The maximum Gasteiger partial charge on any atom is 0.308 e. The molecule has 1 saturated carbocycles. The first-order chi connectivity index (χ1) is 7.77. The van der Waals surface area contributed by atoms with E-state index < -0.39 is 5.97 Å². The van der Waals surface area contributed by atoms with E-state index in [2.05, 4.69) is 11.4 Å². The fourth-order valence-corrected chi connectivity index (χ4v) is 2.97. The van der Waals surface area contributed by atoms with Crippen molar-refractivity contribution in [1.29, 1.82) is 0 Å². The second-order valence-corrected chi connectivity index (χ2v) is 5.33. The molecule has 1 aliphatic rings. The van der Waals surface area contributed by atoms with E-state index in [0.717, 1.165) is 32.2 Å². The maximum atomic E-state index is 11.1. The highest BCUT2D eigenvalue weighted by Crippen LogP contribution is 2.25. The van der Waals surface area contributed by atoms with Gasteiger partial charge in [-0.25, -0.2) is 0 Å². The highest BCUT2D eigenvalue weighted by molar-refractivity contribution is 7.09. The number of nitrogens with one attached hydrogen (secondary N) is 1. The Balaban J connectivity index is 1.89. The van der Waals surface area contributed by atoms with Crippen LogP contribution in [0.2, 0.25) is 0 Å². The van der Waals surface area contributed by atoms with E-state index in [1.54, 1.807) is 11.3 Å². The summed E-state index contributed by atoms with van der Waals surface area (Å²) in [5.41, 5.74) is 0. The van der Waals surface area contributed by atoms with E-state index >= 15 is 0 Å². The molecule has 0 amide bonds. The third-order valence-corrected chi connectivity index (χ3v) is 4.08. The van der Waals surface area contributed by atoms with Crippen LogP contribution in [0.3, 0.4) is 0 Å². The van der Waals surface area contributed by atoms with Gasteiger partial charge in [-0.15, -0.1) is 11.3 Å². The zero-order chi connectivity index (χ0) is 11.4. The molecule has 0 spiro atoms. The molecule has 2 N–H and O–H groups in total. The molecule has 88 valence electrons. The van der Waals surface area contributed by atoms with Gasteiger partial charge in [-0.3, -0.25) is 4.79 Å². The molecule has 0 unspecified atom stereocenters. The second-order valence-electron chi connectivity index (χ2n) is 4.30. The van der Waals surface area contributed by atoms with Gasteiger partial charge in [0.1, 0.15) is 0 Å². The summed E-state index contributed by atoms with van der Waals surface area (Å²) in [7, 11) is 0. The van der Waals surface area contributed by atoms with Crippen molar-refractivity contribution in [1.82, 2.24) is 5.32 Å². The molecule has 2 rings (SSSR count). The molecule has 3 nitrogen and oxygen atoms in total. The average Bonchev–Trinajstić information content (AvgIpc) is 2.79. The van der Waals surface area contributed by atoms with Crippen molar-refractivity contribution in [3.63, 3.8) is 0 Å². The zero-order valence-electron chi connectivity index (χ0n) is 9.19. The van der Waals surface area contributed by atoms with Crippen LogP contribution in [-0.2, 0) is 11.3 Å². The molecule has 1 fully saturated rings. The number of carboxylic acids is 1. The molecular weight excluding hydrogens is 222 g/mol. The molecule has 0 aliphatic heterocycles. The summed E-state index contributed by atoms with van der Waals surface area (Å²) in [4.78, 5) is 12.4. The van der Waals surface area contributed by atoms with Gasteiger partial charge in [0.15, 0.2) is 0 Å². The van der Waals surface area contributed by atoms with Crippen molar-refractivity contribution in [2.24, 2.45) is 5.92 Å². The maximum absolute atomic E-state index is 11.1. The Bertz CT molecular complexity index is 337. The van der Waals surface area contributed by atoms with Gasteiger partial charge in [0.2, 0.25) is 0 Å². The lowest BCUT2D eigenvalue weighted by Crippen LogP contribution is -2.41. The van der Waals surface area contributed by atoms with Gasteiger partial charge in [-0.2, -0.15) is 0 Å². The van der Waals surface area contributed by atoms with Crippen molar-refractivity contribution in [2.75, 3.05) is 0 Å². The van der Waals surface area contributed by atoms with Crippen molar-refractivity contribution < 1.29 is 9.90 Å². The molecule has 0 saturated heterocycles. The van der Waals surface area contributed by atoms with Crippen LogP contribution >= 0.6 is 11.3 Å². The number of carbonyl (C=O) groups is 1. The van der Waals surface area contributed by atoms with Gasteiger partial charge in [0, 0.05) is 17.5 Å². The van der Waals surface area contributed by atoms with Crippen LogP contribution < -0.4 is 5.32 Å². The van der Waals surface area contributed by atoms with Crippen LogP contribution in [0.4, 0.5) is 0 Å². The summed E-state index contributed by atoms with van der Waals surface area (Å²) < 4.78 is 0. The van der Waals surface area contributed by atoms with Gasteiger partial charge < -0.3 is 10.4 Å². The van der Waals surface area contributed by atoms with E-state index in [0.29, 0.717) is 0 Å². The molecular formula is C12H17NO2S. The van der Waals surface area contributed by atoms with Crippen molar-refractivity contribution >= 4 is 17.3 Å². The standard InChI is InChI=1S/C12H17NO2S/c14-12(15)10-5-1-2-6-11(10)13-8-9-4-3-7-16-9/h3-4,7,10-11,13H,1-2,5-6,8H2,(H,14,15)/t10-,11-/m0/s1. The van der Waals surface area contributed by atoms with Gasteiger partial charge in [0.05, 0.1) is 5.92 Å². The van der Waals surface area contributed by atoms with Crippen LogP contribution in [0.1, 0.15) is 30.6 Å². The van der Waals surface area contributed by atoms with E-state index in [-0.39, 0.29) is 12.0 Å². The number of rotatable bonds is 4. The van der Waals surface area contributed by atoms with Gasteiger partial charge >= 0.3 is 5.97 Å². The fraction of sp³-hybridized carbons (Fsp3) is 0.583. The van der Waals surface area contributed by atoms with Crippen LogP contribution in [0.5, 0.6) is 0 Å². The SMILES string of the molecule is O=C(O)[C@H]1CCCC[C@@H]1NCc1cccs1. The molecule has 2 atom stereocenters. The number of hydrogen-bond acceptors (Lipinski definition) is 3. The minimum Gasteiger partial charge on any atom is -0.481 e. The summed E-state index contributed by atoms with van der Waals surface area (Å²) in [6.07, 6.45) is 4.00. The predicted molar refractivity (Wildman–Crippen MR) is 64.5 cm³/mol. The molecule has 1 aromatic rings. The first-order valence-corrected chi connectivity index (χ1v) is 6.64. The van der Waals surface area contributed by atoms with Gasteiger partial charge in [-0.05, 0) is 24.3 Å². The molecule has 4 heteroatoms. The van der Waals surface area contributed by atoms with Gasteiger partial charge in [0.25, 0.3) is 0 Å². The Hall–Kier alpha value is -0.870. The Labute approximate surface area is 99.5 Å². The number of aliphatic carboxylic acids is 1. The second kappa shape index (κ2) is 5.46. The number of hydrogen-bond donors (Lipinski definition) is 2. The molecule has 1 aromatic heterocycles. The largest absolute Gasteiger partial charge is 0.481 e. The van der Waals surface area contributed by atoms with E-state index in [4.69, 9.17) is 5.11 Å². The number of thiophene rings is 1. The Morgan fingerprint density at radius 2 is 2.31 bits per heavy atom. The Morgan fingerprint density at radius 3 is 3.00 bits per heavy atom. The molecule has 0 aromatic carbocycles. The summed E-state index contributed by atoms with van der Waals surface area (Å²) >= 11 is 1.71. The van der Waals surface area contributed by atoms with E-state index in [1.807, 2.05) is 11.4 Å². The third-order valence-electron chi connectivity index (χ3n) is 3.20. The monoisotopic (exact) mass is 239 g/mol. The number of carboxylic acid groups (broad SMARTS) is 1.